The minimum Gasteiger partial charge on any atom is -0.372 e. The third-order valence-corrected chi connectivity index (χ3v) is 4.44. The van der Waals surface area contributed by atoms with Crippen molar-refractivity contribution in [1.82, 2.24) is 5.32 Å². The van der Waals surface area contributed by atoms with Crippen LogP contribution in [0.2, 0.25) is 0 Å². The van der Waals surface area contributed by atoms with Gasteiger partial charge in [0.25, 0.3) is 5.69 Å². The second-order valence-corrected chi connectivity index (χ2v) is 5.63. The molecule has 0 saturated heterocycles. The number of benzene rings is 1. The fourth-order valence-electron chi connectivity index (χ4n) is 3.03. The van der Waals surface area contributed by atoms with Crippen LogP contribution in [0, 0.1) is 17.0 Å². The lowest BCUT2D eigenvalue weighted by molar-refractivity contribution is -0.385. The Kier molecular flexibility index (Phi) is 4.60. The Hall–Kier alpha value is -1.62. The molecule has 0 radical (unpaired) electrons. The highest BCUT2D eigenvalue weighted by molar-refractivity contribution is 5.55. The predicted molar refractivity (Wildman–Crippen MR) is 81.3 cm³/mol. The molecule has 110 valence electrons. The molecule has 1 saturated carbocycles. The maximum Gasteiger partial charge on any atom is 0.272 e. The summed E-state index contributed by atoms with van der Waals surface area (Å²) in [6.45, 7) is 1.80. The van der Waals surface area contributed by atoms with Gasteiger partial charge in [-0.25, -0.2) is 0 Å². The van der Waals surface area contributed by atoms with E-state index in [2.05, 4.69) is 17.3 Å². The number of nitro groups is 1. The number of hydrogen-bond acceptors (Lipinski definition) is 4. The zero-order chi connectivity index (χ0) is 14.7. The molecule has 0 unspecified atom stereocenters. The molecule has 0 spiro atoms. The summed E-state index contributed by atoms with van der Waals surface area (Å²) < 4.78 is 0. The molecule has 1 N–H and O–H groups in total. The monoisotopic (exact) mass is 277 g/mol. The van der Waals surface area contributed by atoms with Crippen molar-refractivity contribution in [2.24, 2.45) is 0 Å². The van der Waals surface area contributed by atoms with Gasteiger partial charge in [-0.1, -0.05) is 0 Å². The molecule has 0 bridgehead atoms. The van der Waals surface area contributed by atoms with E-state index in [1.807, 2.05) is 19.2 Å². The van der Waals surface area contributed by atoms with Crippen LogP contribution in [0.15, 0.2) is 18.2 Å². The number of anilines is 1. The van der Waals surface area contributed by atoms with Crippen molar-refractivity contribution in [3.63, 3.8) is 0 Å². The first-order valence-corrected chi connectivity index (χ1v) is 7.18. The van der Waals surface area contributed by atoms with Gasteiger partial charge in [-0.2, -0.15) is 0 Å². The van der Waals surface area contributed by atoms with Crippen LogP contribution in [0.3, 0.4) is 0 Å². The van der Waals surface area contributed by atoms with Gasteiger partial charge in [0.1, 0.15) is 0 Å². The number of nitrogens with zero attached hydrogens (tertiary/aromatic N) is 2. The van der Waals surface area contributed by atoms with E-state index in [1.54, 1.807) is 13.0 Å². The standard InChI is InChI=1S/C15H23N3O2/c1-11-10-14(8-9-15(11)18(19)20)17(3)13-6-4-12(16-2)5-7-13/h8-10,12-13,16H,4-7H2,1-3H3. The maximum atomic E-state index is 10.9. The van der Waals surface area contributed by atoms with Gasteiger partial charge in [0, 0.05) is 36.4 Å². The maximum absolute atomic E-state index is 10.9. The Morgan fingerprint density at radius 1 is 1.30 bits per heavy atom. The Morgan fingerprint density at radius 3 is 2.45 bits per heavy atom. The summed E-state index contributed by atoms with van der Waals surface area (Å²) in [4.78, 5) is 12.8. The van der Waals surface area contributed by atoms with Gasteiger partial charge in [0.2, 0.25) is 0 Å². The van der Waals surface area contributed by atoms with Gasteiger partial charge in [-0.15, -0.1) is 0 Å². The van der Waals surface area contributed by atoms with Crippen molar-refractivity contribution in [3.05, 3.63) is 33.9 Å². The van der Waals surface area contributed by atoms with E-state index in [1.165, 1.54) is 12.8 Å². The van der Waals surface area contributed by atoms with Crippen molar-refractivity contribution in [2.45, 2.75) is 44.7 Å². The zero-order valence-electron chi connectivity index (χ0n) is 12.4. The van der Waals surface area contributed by atoms with Gasteiger partial charge in [-0.05, 0) is 51.8 Å². The first kappa shape index (κ1) is 14.8. The molecular formula is C15H23N3O2. The van der Waals surface area contributed by atoms with Crippen LogP contribution in [0.5, 0.6) is 0 Å². The number of aryl methyl sites for hydroxylation is 1. The summed E-state index contributed by atoms with van der Waals surface area (Å²) in [7, 11) is 4.11. The lowest BCUT2D eigenvalue weighted by atomic mass is 9.90. The smallest absolute Gasteiger partial charge is 0.272 e. The summed E-state index contributed by atoms with van der Waals surface area (Å²) in [6, 6.07) is 6.55. The minimum absolute atomic E-state index is 0.195. The summed E-state index contributed by atoms with van der Waals surface area (Å²) in [6.07, 6.45) is 4.71. The van der Waals surface area contributed by atoms with Crippen LogP contribution < -0.4 is 10.2 Å². The normalized spacial score (nSPS) is 22.6. The molecule has 1 fully saturated rings. The molecule has 2 rings (SSSR count). The van der Waals surface area contributed by atoms with Crippen LogP contribution in [-0.4, -0.2) is 31.1 Å². The topological polar surface area (TPSA) is 58.4 Å². The molecule has 0 amide bonds. The highest BCUT2D eigenvalue weighted by Crippen LogP contribution is 2.29. The van der Waals surface area contributed by atoms with Crippen molar-refractivity contribution >= 4 is 11.4 Å². The summed E-state index contributed by atoms with van der Waals surface area (Å²) in [5.74, 6) is 0. The largest absolute Gasteiger partial charge is 0.372 e. The van der Waals surface area contributed by atoms with Crippen LogP contribution in [-0.2, 0) is 0 Å². The number of rotatable bonds is 4. The highest BCUT2D eigenvalue weighted by Gasteiger charge is 2.24. The fraction of sp³-hybridized carbons (Fsp3) is 0.600. The summed E-state index contributed by atoms with van der Waals surface area (Å²) in [5.41, 5.74) is 1.99. The molecule has 1 aliphatic carbocycles. The van der Waals surface area contributed by atoms with Crippen LogP contribution in [0.4, 0.5) is 11.4 Å². The summed E-state index contributed by atoms with van der Waals surface area (Å²) >= 11 is 0. The SMILES string of the molecule is CNC1CCC(N(C)c2ccc([N+](=O)[O-])c(C)c2)CC1. The van der Waals surface area contributed by atoms with E-state index >= 15 is 0 Å². The first-order chi connectivity index (χ1) is 9.52. The molecule has 5 nitrogen and oxygen atoms in total. The Bertz CT molecular complexity index is 482. The molecular weight excluding hydrogens is 254 g/mol. The van der Waals surface area contributed by atoms with Crippen molar-refractivity contribution in [2.75, 3.05) is 19.0 Å². The first-order valence-electron chi connectivity index (χ1n) is 7.18. The quantitative estimate of drug-likeness (QED) is 0.679. The third kappa shape index (κ3) is 3.10. The average Bonchev–Trinajstić information content (AvgIpc) is 2.46. The second-order valence-electron chi connectivity index (χ2n) is 5.63. The molecule has 1 aromatic rings. The number of nitrogens with one attached hydrogen (secondary N) is 1. The zero-order valence-corrected chi connectivity index (χ0v) is 12.4. The molecule has 20 heavy (non-hydrogen) atoms. The average molecular weight is 277 g/mol. The van der Waals surface area contributed by atoms with E-state index in [0.29, 0.717) is 12.1 Å². The molecule has 0 aliphatic heterocycles. The number of nitro benzene ring substituents is 1. The predicted octanol–water partition coefficient (Wildman–Crippen LogP) is 2.87. The lowest BCUT2D eigenvalue weighted by Gasteiger charge is -2.36. The van der Waals surface area contributed by atoms with Gasteiger partial charge >= 0.3 is 0 Å². The van der Waals surface area contributed by atoms with E-state index in [4.69, 9.17) is 0 Å². The molecule has 0 aromatic heterocycles. The Balaban J connectivity index is 2.08. The van der Waals surface area contributed by atoms with Crippen LogP contribution in [0.1, 0.15) is 31.2 Å². The van der Waals surface area contributed by atoms with Gasteiger partial charge in [0.05, 0.1) is 4.92 Å². The van der Waals surface area contributed by atoms with E-state index in [0.717, 1.165) is 24.1 Å². The third-order valence-electron chi connectivity index (χ3n) is 4.44. The van der Waals surface area contributed by atoms with Crippen LogP contribution in [0.25, 0.3) is 0 Å². The van der Waals surface area contributed by atoms with Crippen LogP contribution >= 0.6 is 0 Å². The molecule has 0 atom stereocenters. The van der Waals surface area contributed by atoms with E-state index in [9.17, 15) is 10.1 Å². The fourth-order valence-corrected chi connectivity index (χ4v) is 3.03. The molecule has 5 heteroatoms. The van der Waals surface area contributed by atoms with E-state index < -0.39 is 0 Å². The number of hydrogen-bond donors (Lipinski definition) is 1. The lowest BCUT2D eigenvalue weighted by Crippen LogP contribution is -2.39. The Labute approximate surface area is 120 Å². The van der Waals surface area contributed by atoms with E-state index in [-0.39, 0.29) is 10.6 Å². The van der Waals surface area contributed by atoms with Gasteiger partial charge in [-0.3, -0.25) is 10.1 Å². The minimum atomic E-state index is -0.322. The molecule has 0 heterocycles. The van der Waals surface area contributed by atoms with Crippen molar-refractivity contribution in [3.8, 4) is 0 Å². The Morgan fingerprint density at radius 2 is 1.95 bits per heavy atom. The molecule has 1 aliphatic rings. The highest BCUT2D eigenvalue weighted by atomic mass is 16.6. The molecule has 1 aromatic carbocycles. The van der Waals surface area contributed by atoms with Gasteiger partial charge < -0.3 is 10.2 Å². The summed E-state index contributed by atoms with van der Waals surface area (Å²) in [5, 5.41) is 14.2. The second kappa shape index (κ2) is 6.22. The van der Waals surface area contributed by atoms with Gasteiger partial charge in [0.15, 0.2) is 0 Å². The van der Waals surface area contributed by atoms with Crippen molar-refractivity contribution < 1.29 is 4.92 Å². The van der Waals surface area contributed by atoms with Crippen molar-refractivity contribution in [1.29, 1.82) is 0 Å².